The van der Waals surface area contributed by atoms with Crippen LogP contribution in [0.4, 0.5) is 0 Å². The van der Waals surface area contributed by atoms with Crippen LogP contribution < -0.4 is 10.0 Å². The Balaban J connectivity index is 1.99. The number of hydrogen-bond acceptors (Lipinski definition) is 5. The van der Waals surface area contributed by atoms with Crippen LogP contribution in [0.15, 0.2) is 23.1 Å². The fourth-order valence-electron chi connectivity index (χ4n) is 5.98. The molecule has 0 bridgehead atoms. The summed E-state index contributed by atoms with van der Waals surface area (Å²) in [5, 5.41) is 2.99. The molecule has 0 aromatic heterocycles. The number of amides is 1. The van der Waals surface area contributed by atoms with E-state index in [1.54, 1.807) is 18.2 Å². The molecule has 39 heavy (non-hydrogen) atoms. The largest absolute Gasteiger partial charge is 0.411 e. The van der Waals surface area contributed by atoms with Crippen LogP contribution in [0, 0.1) is 17.3 Å². The van der Waals surface area contributed by atoms with Gasteiger partial charge in [0.15, 0.2) is 5.78 Å². The van der Waals surface area contributed by atoms with Gasteiger partial charge in [-0.3, -0.25) is 9.59 Å². The average molecular weight is 578 g/mol. The third-order valence-electron chi connectivity index (χ3n) is 8.70. The first-order chi connectivity index (χ1) is 17.8. The van der Waals surface area contributed by atoms with Gasteiger partial charge in [-0.15, -0.1) is 0 Å². The Hall–Kier alpha value is -1.55. The predicted molar refractivity (Wildman–Crippen MR) is 158 cm³/mol. The Bertz CT molecular complexity index is 1180. The van der Waals surface area contributed by atoms with Gasteiger partial charge >= 0.3 is 0 Å². The Morgan fingerprint density at radius 2 is 1.64 bits per heavy atom. The molecule has 1 aliphatic heterocycles. The van der Waals surface area contributed by atoms with E-state index in [1.807, 2.05) is 34.6 Å². The summed E-state index contributed by atoms with van der Waals surface area (Å²) in [6.07, 6.45) is 4.82. The summed E-state index contributed by atoms with van der Waals surface area (Å²) >= 11 is 0. The quantitative estimate of drug-likeness (QED) is 0.226. The van der Waals surface area contributed by atoms with E-state index in [-0.39, 0.29) is 33.5 Å². The molecule has 3 rings (SSSR count). The summed E-state index contributed by atoms with van der Waals surface area (Å²) in [6, 6.07) is 4.44. The molecule has 219 valence electrons. The van der Waals surface area contributed by atoms with Crippen LogP contribution in [0.25, 0.3) is 0 Å². The second-order valence-electron chi connectivity index (χ2n) is 13.9. The van der Waals surface area contributed by atoms with Gasteiger partial charge in [-0.2, -0.15) is 0 Å². The number of rotatable bonds is 9. The van der Waals surface area contributed by atoms with Gasteiger partial charge in [0.2, 0.25) is 25.0 Å². The molecule has 1 amide bonds. The number of benzene rings is 1. The van der Waals surface area contributed by atoms with E-state index in [9.17, 15) is 18.0 Å². The number of ketones is 1. The van der Waals surface area contributed by atoms with Gasteiger partial charge < -0.3 is 9.74 Å². The lowest BCUT2D eigenvalue weighted by Crippen LogP contribution is -2.72. The van der Waals surface area contributed by atoms with Crippen LogP contribution >= 0.6 is 0 Å². The van der Waals surface area contributed by atoms with Crippen molar-refractivity contribution in [3.63, 3.8) is 0 Å². The lowest BCUT2D eigenvalue weighted by Gasteiger charge is -2.55. The minimum absolute atomic E-state index is 0.0753. The second kappa shape index (κ2) is 11.4. The Morgan fingerprint density at radius 1 is 1.05 bits per heavy atom. The van der Waals surface area contributed by atoms with Crippen LogP contribution in [0.1, 0.15) is 103 Å². The molecule has 0 unspecified atom stereocenters. The Labute approximate surface area is 238 Å². The number of nitrogens with one attached hydrogen (secondary N) is 2. The van der Waals surface area contributed by atoms with Crippen molar-refractivity contribution in [1.29, 1.82) is 0 Å². The third kappa shape index (κ3) is 6.68. The van der Waals surface area contributed by atoms with Gasteiger partial charge in [-0.05, 0) is 61.4 Å². The second-order valence-corrected chi connectivity index (χ2v) is 17.7. The number of carbonyl (C=O) groups excluding carboxylic acids is 2. The minimum Gasteiger partial charge on any atom is -0.411 e. The van der Waals surface area contributed by atoms with E-state index in [0.29, 0.717) is 5.56 Å². The minimum atomic E-state index is -3.78. The van der Waals surface area contributed by atoms with Crippen molar-refractivity contribution in [2.24, 2.45) is 17.3 Å². The highest BCUT2D eigenvalue weighted by atomic mass is 32.2. The molecule has 1 aliphatic carbocycles. The molecule has 2 aliphatic rings. The molecule has 1 saturated heterocycles. The zero-order chi connectivity index (χ0) is 29.6. The molecule has 0 spiro atoms. The summed E-state index contributed by atoms with van der Waals surface area (Å²) in [7, 11) is -4.92. The molecule has 2 N–H and O–H groups in total. The lowest BCUT2D eigenvalue weighted by atomic mass is 9.61. The van der Waals surface area contributed by atoms with Crippen LogP contribution in [0.5, 0.6) is 0 Å². The fraction of sp³-hybridized carbons (Fsp3) is 0.733. The smallest absolute Gasteiger partial charge is 0.240 e. The standard InChI is InChI=1S/C30H49N2O5SSi/c1-19(25-24(27(34)31-25)30(8,29(5,6)7)37-39(9)10)26(33)22-18-21(16-17-23(22)28(2,3)4)38(35,36)32-20-14-12-11-13-15-20/h16-20,24-25,32H,11-15H2,1-10H3,(H,31,34)/t19-,24-,25-,30-/m1/s1. The van der Waals surface area contributed by atoms with Gasteiger partial charge in [0.05, 0.1) is 22.5 Å². The van der Waals surface area contributed by atoms with Gasteiger partial charge in [-0.1, -0.05) is 73.8 Å². The topological polar surface area (TPSA) is 102 Å². The molecule has 1 radical (unpaired) electrons. The summed E-state index contributed by atoms with van der Waals surface area (Å²) in [4.78, 5) is 27.3. The predicted octanol–water partition coefficient (Wildman–Crippen LogP) is 5.60. The Kier molecular flexibility index (Phi) is 9.32. The number of Topliss-reactive ketones (excluding diaryl/α,β-unsaturated/α-hetero) is 1. The van der Waals surface area contributed by atoms with Gasteiger partial charge in [-0.25, -0.2) is 13.1 Å². The van der Waals surface area contributed by atoms with Crippen molar-refractivity contribution in [2.75, 3.05) is 0 Å². The number of sulfonamides is 1. The van der Waals surface area contributed by atoms with E-state index < -0.39 is 42.5 Å². The molecule has 1 aromatic rings. The molecule has 9 heteroatoms. The van der Waals surface area contributed by atoms with E-state index in [0.717, 1.165) is 37.7 Å². The van der Waals surface area contributed by atoms with Crippen molar-refractivity contribution in [2.45, 2.75) is 129 Å². The van der Waals surface area contributed by atoms with E-state index in [1.165, 1.54) is 0 Å². The highest BCUT2D eigenvalue weighted by Crippen LogP contribution is 2.46. The highest BCUT2D eigenvalue weighted by Gasteiger charge is 2.59. The van der Waals surface area contributed by atoms with Crippen molar-refractivity contribution in [3.8, 4) is 0 Å². The molecule has 7 nitrogen and oxygen atoms in total. The molecular weight excluding hydrogens is 528 g/mol. The van der Waals surface area contributed by atoms with E-state index in [2.05, 4.69) is 43.9 Å². The summed E-state index contributed by atoms with van der Waals surface area (Å²) in [6.45, 7) is 20.2. The van der Waals surface area contributed by atoms with Gasteiger partial charge in [0.25, 0.3) is 0 Å². The van der Waals surface area contributed by atoms with Crippen LogP contribution in [0.2, 0.25) is 13.1 Å². The van der Waals surface area contributed by atoms with E-state index in [4.69, 9.17) is 4.43 Å². The average Bonchev–Trinajstić information content (AvgIpc) is 2.79. The zero-order valence-electron chi connectivity index (χ0n) is 25.5. The highest BCUT2D eigenvalue weighted by molar-refractivity contribution is 7.89. The molecule has 1 aromatic carbocycles. The molecule has 1 heterocycles. The van der Waals surface area contributed by atoms with Gasteiger partial charge in [0, 0.05) is 17.5 Å². The van der Waals surface area contributed by atoms with Crippen molar-refractivity contribution in [3.05, 3.63) is 29.3 Å². The monoisotopic (exact) mass is 577 g/mol. The number of carbonyl (C=O) groups is 2. The summed E-state index contributed by atoms with van der Waals surface area (Å²) in [5.41, 5.74) is -0.282. The van der Waals surface area contributed by atoms with Crippen LogP contribution in [0.3, 0.4) is 0 Å². The molecular formula is C30H49N2O5SSi. The maximum absolute atomic E-state index is 14.2. The fourth-order valence-corrected chi connectivity index (χ4v) is 8.59. The molecule has 4 atom stereocenters. The van der Waals surface area contributed by atoms with Crippen LogP contribution in [-0.2, 0) is 24.7 Å². The summed E-state index contributed by atoms with van der Waals surface area (Å²) < 4.78 is 36.1. The maximum Gasteiger partial charge on any atom is 0.240 e. The number of hydrogen-bond donors (Lipinski definition) is 2. The Morgan fingerprint density at radius 3 is 2.13 bits per heavy atom. The lowest BCUT2D eigenvalue weighted by molar-refractivity contribution is -0.161. The zero-order valence-corrected chi connectivity index (χ0v) is 27.3. The normalized spacial score (nSPS) is 23.6. The SMILES string of the molecule is C[C@@H](C(=O)c1cc(S(=O)(=O)NC2CCCCC2)ccc1C(C)(C)C)[C@H]1NC(=O)[C@@H]1[C@@](C)(O[Si](C)C)C(C)(C)C. The summed E-state index contributed by atoms with van der Waals surface area (Å²) in [5.74, 6) is -1.33. The van der Waals surface area contributed by atoms with Gasteiger partial charge in [0.1, 0.15) is 0 Å². The first-order valence-corrected chi connectivity index (χ1v) is 18.2. The molecule has 2 fully saturated rings. The maximum atomic E-state index is 14.2. The van der Waals surface area contributed by atoms with Crippen molar-refractivity contribution < 1.29 is 22.4 Å². The first kappa shape index (κ1) is 32.0. The molecule has 1 saturated carbocycles. The van der Waals surface area contributed by atoms with Crippen molar-refractivity contribution in [1.82, 2.24) is 10.0 Å². The third-order valence-corrected chi connectivity index (χ3v) is 11.1. The number of β-lactam (4-membered cyclic amide) rings is 1. The van der Waals surface area contributed by atoms with E-state index >= 15 is 0 Å². The van der Waals surface area contributed by atoms with Crippen molar-refractivity contribution >= 4 is 30.8 Å². The first-order valence-electron chi connectivity index (χ1n) is 14.3. The van der Waals surface area contributed by atoms with Crippen LogP contribution in [-0.4, -0.2) is 46.8 Å².